The van der Waals surface area contributed by atoms with Crippen LogP contribution in [-0.4, -0.2) is 32.3 Å². The van der Waals surface area contributed by atoms with Crippen molar-refractivity contribution < 1.29 is 4.74 Å². The number of benzene rings is 1. The lowest BCUT2D eigenvalue weighted by Crippen LogP contribution is -2.47. The predicted octanol–water partition coefficient (Wildman–Crippen LogP) is 2.29. The Hall–Kier alpha value is -1.73. The molecule has 2 aliphatic heterocycles. The Morgan fingerprint density at radius 3 is 2.60 bits per heavy atom. The number of hydrogen-bond donors (Lipinski definition) is 1. The number of methoxy groups -OCH3 is 1. The first-order valence-corrected chi connectivity index (χ1v) is 7.28. The maximum absolute atomic E-state index is 9.32. The monoisotopic (exact) mass is 271 g/mol. The minimum absolute atomic E-state index is 0.507. The maximum atomic E-state index is 9.32. The standard InChI is InChI=1S/C16H21N3O/c1-19(14-7-12-4-5-13(8-14)18-12)16-9-15(20-2)6-3-11(16)10-17/h3,6,9,12-14,18H,4-5,7-8H2,1-2H3. The molecule has 3 rings (SSSR count). The molecular formula is C16H21N3O. The molecule has 0 aliphatic carbocycles. The van der Waals surface area contributed by atoms with Gasteiger partial charge >= 0.3 is 0 Å². The molecule has 1 N–H and O–H groups in total. The molecule has 2 heterocycles. The summed E-state index contributed by atoms with van der Waals surface area (Å²) in [6.07, 6.45) is 4.90. The molecule has 4 heteroatoms. The molecule has 0 spiro atoms. The summed E-state index contributed by atoms with van der Waals surface area (Å²) in [7, 11) is 3.76. The molecule has 0 saturated carbocycles. The van der Waals surface area contributed by atoms with Gasteiger partial charge in [0.05, 0.1) is 18.4 Å². The van der Waals surface area contributed by atoms with Crippen LogP contribution in [0.1, 0.15) is 31.2 Å². The number of hydrogen-bond acceptors (Lipinski definition) is 4. The van der Waals surface area contributed by atoms with E-state index in [1.807, 2.05) is 18.2 Å². The first-order chi connectivity index (χ1) is 9.71. The summed E-state index contributed by atoms with van der Waals surface area (Å²) >= 11 is 0. The number of anilines is 1. The molecule has 4 nitrogen and oxygen atoms in total. The Morgan fingerprint density at radius 1 is 1.30 bits per heavy atom. The van der Waals surface area contributed by atoms with E-state index in [0.717, 1.165) is 29.8 Å². The van der Waals surface area contributed by atoms with E-state index in [9.17, 15) is 5.26 Å². The second kappa shape index (κ2) is 5.34. The van der Waals surface area contributed by atoms with Gasteiger partial charge in [-0.1, -0.05) is 0 Å². The van der Waals surface area contributed by atoms with Crippen LogP contribution in [0.25, 0.3) is 0 Å². The molecule has 20 heavy (non-hydrogen) atoms. The van der Waals surface area contributed by atoms with Crippen LogP contribution in [0.4, 0.5) is 5.69 Å². The number of piperidine rings is 1. The molecule has 1 aromatic carbocycles. The molecule has 2 atom stereocenters. The summed E-state index contributed by atoms with van der Waals surface area (Å²) in [4.78, 5) is 2.27. The third kappa shape index (κ3) is 2.34. The molecule has 2 bridgehead atoms. The van der Waals surface area contributed by atoms with Crippen molar-refractivity contribution in [2.24, 2.45) is 0 Å². The van der Waals surface area contributed by atoms with Crippen molar-refractivity contribution in [3.63, 3.8) is 0 Å². The first kappa shape index (κ1) is 13.3. The van der Waals surface area contributed by atoms with Gasteiger partial charge in [-0.05, 0) is 37.8 Å². The Balaban J connectivity index is 1.86. The van der Waals surface area contributed by atoms with E-state index in [0.29, 0.717) is 18.1 Å². The van der Waals surface area contributed by atoms with Gasteiger partial charge in [-0.15, -0.1) is 0 Å². The average Bonchev–Trinajstić information content (AvgIpc) is 2.84. The molecule has 0 amide bonds. The highest BCUT2D eigenvalue weighted by atomic mass is 16.5. The summed E-state index contributed by atoms with van der Waals surface area (Å²) in [6, 6.07) is 9.77. The first-order valence-electron chi connectivity index (χ1n) is 7.28. The molecule has 2 fully saturated rings. The lowest BCUT2D eigenvalue weighted by molar-refractivity contribution is 0.354. The highest BCUT2D eigenvalue weighted by Gasteiger charge is 2.35. The van der Waals surface area contributed by atoms with Crippen LogP contribution < -0.4 is 15.0 Å². The number of nitriles is 1. The van der Waals surface area contributed by atoms with Crippen LogP contribution in [0.2, 0.25) is 0 Å². The molecule has 2 aliphatic rings. The van der Waals surface area contributed by atoms with Gasteiger partial charge in [0.1, 0.15) is 11.8 Å². The third-order valence-corrected chi connectivity index (χ3v) is 4.70. The van der Waals surface area contributed by atoms with E-state index in [-0.39, 0.29) is 0 Å². The maximum Gasteiger partial charge on any atom is 0.121 e. The summed E-state index contributed by atoms with van der Waals surface area (Å²) in [6.45, 7) is 0. The number of nitrogens with zero attached hydrogens (tertiary/aromatic N) is 2. The molecule has 106 valence electrons. The average molecular weight is 271 g/mol. The molecule has 2 unspecified atom stereocenters. The van der Waals surface area contributed by atoms with Crippen molar-refractivity contribution >= 4 is 5.69 Å². The minimum Gasteiger partial charge on any atom is -0.497 e. The normalized spacial score (nSPS) is 27.9. The van der Waals surface area contributed by atoms with Crippen molar-refractivity contribution in [2.75, 3.05) is 19.1 Å². The van der Waals surface area contributed by atoms with Gasteiger partial charge in [0.25, 0.3) is 0 Å². The van der Waals surface area contributed by atoms with E-state index >= 15 is 0 Å². The van der Waals surface area contributed by atoms with Gasteiger partial charge < -0.3 is 15.0 Å². The second-order valence-corrected chi connectivity index (χ2v) is 5.87. The number of fused-ring (bicyclic) bond motifs is 2. The van der Waals surface area contributed by atoms with Crippen molar-refractivity contribution in [2.45, 2.75) is 43.8 Å². The zero-order chi connectivity index (χ0) is 14.1. The van der Waals surface area contributed by atoms with Crippen molar-refractivity contribution in [1.29, 1.82) is 5.26 Å². The van der Waals surface area contributed by atoms with Crippen molar-refractivity contribution in [3.05, 3.63) is 23.8 Å². The smallest absolute Gasteiger partial charge is 0.121 e. The fourth-order valence-electron chi connectivity index (χ4n) is 3.56. The molecule has 1 aromatic rings. The minimum atomic E-state index is 0.507. The Morgan fingerprint density at radius 2 is 2.00 bits per heavy atom. The summed E-state index contributed by atoms with van der Waals surface area (Å²) < 4.78 is 5.30. The summed E-state index contributed by atoms with van der Waals surface area (Å²) in [5.41, 5.74) is 1.71. The number of ether oxygens (including phenoxy) is 1. The van der Waals surface area contributed by atoms with Gasteiger partial charge in [0.15, 0.2) is 0 Å². The van der Waals surface area contributed by atoms with E-state index in [1.54, 1.807) is 7.11 Å². The van der Waals surface area contributed by atoms with E-state index in [2.05, 4.69) is 23.3 Å². The molecule has 2 saturated heterocycles. The van der Waals surface area contributed by atoms with E-state index in [4.69, 9.17) is 4.74 Å². The van der Waals surface area contributed by atoms with Gasteiger partial charge in [-0.25, -0.2) is 0 Å². The van der Waals surface area contributed by atoms with Gasteiger partial charge in [-0.2, -0.15) is 5.26 Å². The number of rotatable bonds is 3. The zero-order valence-corrected chi connectivity index (χ0v) is 12.1. The van der Waals surface area contributed by atoms with E-state index < -0.39 is 0 Å². The SMILES string of the molecule is COc1ccc(C#N)c(N(C)C2CC3CCC(C2)N3)c1. The van der Waals surface area contributed by atoms with Crippen molar-refractivity contribution in [3.8, 4) is 11.8 Å². The molecular weight excluding hydrogens is 250 g/mol. The lowest BCUT2D eigenvalue weighted by Gasteiger charge is -2.37. The topological polar surface area (TPSA) is 48.3 Å². The summed E-state index contributed by atoms with van der Waals surface area (Å²) in [5, 5.41) is 13.0. The Labute approximate surface area is 120 Å². The lowest BCUT2D eigenvalue weighted by atomic mass is 9.97. The Kier molecular flexibility index (Phi) is 3.54. The van der Waals surface area contributed by atoms with Crippen LogP contribution in [0.3, 0.4) is 0 Å². The third-order valence-electron chi connectivity index (χ3n) is 4.70. The summed E-state index contributed by atoms with van der Waals surface area (Å²) in [5.74, 6) is 0.808. The van der Waals surface area contributed by atoms with Crippen LogP contribution in [0, 0.1) is 11.3 Å². The Bertz CT molecular complexity index is 525. The largest absolute Gasteiger partial charge is 0.497 e. The number of nitrogens with one attached hydrogen (secondary N) is 1. The highest BCUT2D eigenvalue weighted by molar-refractivity contribution is 5.62. The van der Waals surface area contributed by atoms with Crippen molar-refractivity contribution in [1.82, 2.24) is 5.32 Å². The van der Waals surface area contributed by atoms with E-state index in [1.165, 1.54) is 12.8 Å². The van der Waals surface area contributed by atoms with Crippen LogP contribution in [-0.2, 0) is 0 Å². The van der Waals surface area contributed by atoms with Gasteiger partial charge in [0.2, 0.25) is 0 Å². The van der Waals surface area contributed by atoms with Crippen LogP contribution in [0.15, 0.2) is 18.2 Å². The fourth-order valence-corrected chi connectivity index (χ4v) is 3.56. The molecule has 0 radical (unpaired) electrons. The van der Waals surface area contributed by atoms with Gasteiger partial charge in [0, 0.05) is 31.2 Å². The quantitative estimate of drug-likeness (QED) is 0.916. The zero-order valence-electron chi connectivity index (χ0n) is 12.1. The van der Waals surface area contributed by atoms with Gasteiger partial charge in [-0.3, -0.25) is 0 Å². The second-order valence-electron chi connectivity index (χ2n) is 5.87. The highest BCUT2D eigenvalue weighted by Crippen LogP contribution is 2.33. The van der Waals surface area contributed by atoms with Crippen LogP contribution >= 0.6 is 0 Å². The molecule has 0 aromatic heterocycles. The predicted molar refractivity (Wildman–Crippen MR) is 79.1 cm³/mol. The van der Waals surface area contributed by atoms with Crippen LogP contribution in [0.5, 0.6) is 5.75 Å². The fraction of sp³-hybridized carbons (Fsp3) is 0.562.